The number of H-pyrrole nitrogens is 3. The SMILES string of the molecule is O=c1[nH]c2ccc(S(=O)(=O)NCc3cc[nH]c3)cc2[nH]1. The van der Waals surface area contributed by atoms with Crippen LogP contribution in [0.5, 0.6) is 0 Å². The molecule has 7 nitrogen and oxygen atoms in total. The van der Waals surface area contributed by atoms with Crippen molar-refractivity contribution in [2.75, 3.05) is 0 Å². The fraction of sp³-hybridized carbons (Fsp3) is 0.0833. The van der Waals surface area contributed by atoms with Crippen LogP contribution in [0.2, 0.25) is 0 Å². The van der Waals surface area contributed by atoms with Crippen LogP contribution in [-0.4, -0.2) is 23.4 Å². The number of hydrogen-bond donors (Lipinski definition) is 4. The van der Waals surface area contributed by atoms with Crippen LogP contribution in [0.4, 0.5) is 0 Å². The van der Waals surface area contributed by atoms with Crippen molar-refractivity contribution in [2.45, 2.75) is 11.4 Å². The maximum absolute atomic E-state index is 12.2. The lowest BCUT2D eigenvalue weighted by molar-refractivity contribution is 0.581. The normalized spacial score (nSPS) is 12.0. The molecule has 20 heavy (non-hydrogen) atoms. The predicted octanol–water partition coefficient (Wildman–Crippen LogP) is 0.663. The van der Waals surface area contributed by atoms with E-state index in [-0.39, 0.29) is 17.1 Å². The maximum atomic E-state index is 12.2. The summed E-state index contributed by atoms with van der Waals surface area (Å²) in [6.07, 6.45) is 3.44. The molecule has 3 rings (SSSR count). The molecule has 0 unspecified atom stereocenters. The molecule has 0 aliphatic rings. The first-order valence-electron chi connectivity index (χ1n) is 5.88. The van der Waals surface area contributed by atoms with E-state index in [2.05, 4.69) is 19.7 Å². The van der Waals surface area contributed by atoms with Crippen molar-refractivity contribution < 1.29 is 8.42 Å². The smallest absolute Gasteiger partial charge is 0.323 e. The molecule has 0 fully saturated rings. The highest BCUT2D eigenvalue weighted by Gasteiger charge is 2.14. The molecular formula is C12H12N4O3S. The Morgan fingerprint density at radius 1 is 1.10 bits per heavy atom. The van der Waals surface area contributed by atoms with Crippen LogP contribution in [-0.2, 0) is 16.6 Å². The second-order valence-corrected chi connectivity index (χ2v) is 6.10. The first-order valence-corrected chi connectivity index (χ1v) is 7.36. The highest BCUT2D eigenvalue weighted by atomic mass is 32.2. The zero-order valence-electron chi connectivity index (χ0n) is 10.3. The highest BCUT2D eigenvalue weighted by molar-refractivity contribution is 7.89. The molecule has 0 saturated carbocycles. The van der Waals surface area contributed by atoms with Crippen molar-refractivity contribution in [3.63, 3.8) is 0 Å². The third-order valence-corrected chi connectivity index (χ3v) is 4.33. The van der Waals surface area contributed by atoms with Gasteiger partial charge < -0.3 is 15.0 Å². The Morgan fingerprint density at radius 3 is 2.65 bits per heavy atom. The number of imidazole rings is 1. The van der Waals surface area contributed by atoms with E-state index < -0.39 is 10.0 Å². The lowest BCUT2D eigenvalue weighted by Gasteiger charge is -2.05. The quantitative estimate of drug-likeness (QED) is 0.567. The van der Waals surface area contributed by atoms with Crippen LogP contribution in [0.1, 0.15) is 5.56 Å². The van der Waals surface area contributed by atoms with Crippen LogP contribution in [0, 0.1) is 0 Å². The molecule has 0 aliphatic carbocycles. The highest BCUT2D eigenvalue weighted by Crippen LogP contribution is 2.15. The molecule has 0 bridgehead atoms. The van der Waals surface area contributed by atoms with E-state index in [0.29, 0.717) is 11.0 Å². The molecule has 0 saturated heterocycles. The fourth-order valence-electron chi connectivity index (χ4n) is 1.91. The maximum Gasteiger partial charge on any atom is 0.323 e. The molecule has 0 spiro atoms. The standard InChI is InChI=1S/C12H12N4O3S/c17-12-15-10-2-1-9(5-11(10)16-12)20(18,19)14-7-8-3-4-13-6-8/h1-6,13-14H,7H2,(H2,15,16,17). The monoisotopic (exact) mass is 292 g/mol. The third-order valence-electron chi connectivity index (χ3n) is 2.93. The Hall–Kier alpha value is -2.32. The number of rotatable bonds is 4. The van der Waals surface area contributed by atoms with Gasteiger partial charge in [0, 0.05) is 18.9 Å². The van der Waals surface area contributed by atoms with Gasteiger partial charge in [0.2, 0.25) is 10.0 Å². The van der Waals surface area contributed by atoms with Crippen LogP contribution in [0.25, 0.3) is 11.0 Å². The average molecular weight is 292 g/mol. The molecule has 3 aromatic rings. The number of aromatic nitrogens is 3. The van der Waals surface area contributed by atoms with Crippen molar-refractivity contribution >= 4 is 21.1 Å². The number of benzene rings is 1. The molecule has 2 heterocycles. The van der Waals surface area contributed by atoms with Gasteiger partial charge in [0.1, 0.15) is 0 Å². The second-order valence-electron chi connectivity index (χ2n) is 4.33. The minimum Gasteiger partial charge on any atom is -0.367 e. The Kier molecular flexibility index (Phi) is 2.96. The Bertz CT molecular complexity index is 890. The first-order chi connectivity index (χ1) is 9.54. The van der Waals surface area contributed by atoms with Crippen molar-refractivity contribution in [1.82, 2.24) is 19.7 Å². The van der Waals surface area contributed by atoms with Crippen molar-refractivity contribution in [3.05, 3.63) is 52.7 Å². The summed E-state index contributed by atoms with van der Waals surface area (Å²) in [4.78, 5) is 19.2. The van der Waals surface area contributed by atoms with Gasteiger partial charge in [0.05, 0.1) is 15.9 Å². The molecule has 2 aromatic heterocycles. The van der Waals surface area contributed by atoms with Gasteiger partial charge in [0.25, 0.3) is 0 Å². The largest absolute Gasteiger partial charge is 0.367 e. The van der Waals surface area contributed by atoms with Crippen LogP contribution < -0.4 is 10.4 Å². The molecule has 0 aliphatic heterocycles. The number of hydrogen-bond acceptors (Lipinski definition) is 3. The van der Waals surface area contributed by atoms with E-state index in [1.807, 2.05) is 0 Å². The minimum absolute atomic E-state index is 0.107. The average Bonchev–Trinajstić information content (AvgIpc) is 3.03. The summed E-state index contributed by atoms with van der Waals surface area (Å²) in [5, 5.41) is 0. The predicted molar refractivity (Wildman–Crippen MR) is 73.7 cm³/mol. The summed E-state index contributed by atoms with van der Waals surface area (Å²) in [6, 6.07) is 6.21. The summed E-state index contributed by atoms with van der Waals surface area (Å²) in [5.74, 6) is 0. The Morgan fingerprint density at radius 2 is 1.90 bits per heavy atom. The molecule has 8 heteroatoms. The van der Waals surface area contributed by atoms with E-state index in [0.717, 1.165) is 5.56 Å². The zero-order chi connectivity index (χ0) is 14.2. The van der Waals surface area contributed by atoms with Gasteiger partial charge >= 0.3 is 5.69 Å². The van der Waals surface area contributed by atoms with E-state index in [1.165, 1.54) is 12.1 Å². The van der Waals surface area contributed by atoms with Crippen LogP contribution >= 0.6 is 0 Å². The second kappa shape index (κ2) is 4.66. The van der Waals surface area contributed by atoms with Crippen molar-refractivity contribution in [3.8, 4) is 0 Å². The third kappa shape index (κ3) is 2.38. The number of nitrogens with one attached hydrogen (secondary N) is 4. The molecule has 1 aromatic carbocycles. The van der Waals surface area contributed by atoms with Gasteiger partial charge in [-0.3, -0.25) is 0 Å². The number of fused-ring (bicyclic) bond motifs is 1. The van der Waals surface area contributed by atoms with Crippen molar-refractivity contribution in [2.24, 2.45) is 0 Å². The zero-order valence-corrected chi connectivity index (χ0v) is 11.1. The Balaban J connectivity index is 1.90. The van der Waals surface area contributed by atoms with Crippen molar-refractivity contribution in [1.29, 1.82) is 0 Å². The van der Waals surface area contributed by atoms with E-state index in [1.54, 1.807) is 24.5 Å². The van der Waals surface area contributed by atoms with Gasteiger partial charge in [-0.2, -0.15) is 0 Å². The summed E-state index contributed by atoms with van der Waals surface area (Å²) in [6.45, 7) is 0.202. The lowest BCUT2D eigenvalue weighted by Crippen LogP contribution is -2.22. The summed E-state index contributed by atoms with van der Waals surface area (Å²) < 4.78 is 26.8. The first kappa shape index (κ1) is 12.7. The molecule has 0 amide bonds. The van der Waals surface area contributed by atoms with Gasteiger partial charge in [0.15, 0.2) is 0 Å². The van der Waals surface area contributed by atoms with Gasteiger partial charge in [-0.1, -0.05) is 0 Å². The summed E-state index contributed by atoms with van der Waals surface area (Å²) in [7, 11) is -3.62. The molecule has 0 atom stereocenters. The van der Waals surface area contributed by atoms with Crippen LogP contribution in [0.15, 0.2) is 46.3 Å². The number of sulfonamides is 1. The summed E-state index contributed by atoms with van der Waals surface area (Å²) in [5.41, 5.74) is 1.50. The van der Waals surface area contributed by atoms with Gasteiger partial charge in [-0.05, 0) is 29.8 Å². The molecule has 104 valence electrons. The molecular weight excluding hydrogens is 280 g/mol. The van der Waals surface area contributed by atoms with E-state index >= 15 is 0 Å². The van der Waals surface area contributed by atoms with Gasteiger partial charge in [-0.15, -0.1) is 0 Å². The fourth-order valence-corrected chi connectivity index (χ4v) is 2.95. The number of aromatic amines is 3. The topological polar surface area (TPSA) is 111 Å². The Labute approximate surface area is 114 Å². The summed E-state index contributed by atoms with van der Waals surface area (Å²) >= 11 is 0. The van der Waals surface area contributed by atoms with Crippen LogP contribution in [0.3, 0.4) is 0 Å². The molecule has 4 N–H and O–H groups in total. The van der Waals surface area contributed by atoms with E-state index in [9.17, 15) is 13.2 Å². The molecule has 0 radical (unpaired) electrons. The minimum atomic E-state index is -3.62. The van der Waals surface area contributed by atoms with Gasteiger partial charge in [-0.25, -0.2) is 17.9 Å². The lowest BCUT2D eigenvalue weighted by atomic mass is 10.3. The van der Waals surface area contributed by atoms with E-state index in [4.69, 9.17) is 0 Å².